The van der Waals surface area contributed by atoms with E-state index in [0.29, 0.717) is 23.0 Å². The molecular weight excluding hydrogens is 400 g/mol. The van der Waals surface area contributed by atoms with Gasteiger partial charge in [-0.15, -0.1) is 0 Å². The van der Waals surface area contributed by atoms with Crippen molar-refractivity contribution in [1.29, 1.82) is 0 Å². The Hall–Kier alpha value is -0.380. The minimum absolute atomic E-state index is 0.0129. The van der Waals surface area contributed by atoms with E-state index in [1.165, 1.54) is 12.0 Å². The summed E-state index contributed by atoms with van der Waals surface area (Å²) in [5.41, 5.74) is 2.21. The van der Waals surface area contributed by atoms with Crippen LogP contribution in [0.5, 0.6) is 0 Å². The van der Waals surface area contributed by atoms with E-state index >= 15 is 0 Å². The number of hydrogen-bond acceptors (Lipinski definition) is 2. The SMILES string of the molecule is CC(C)C(CO)[C@@](C)(C[S@@](=O)C(C)(C)C)c1ccc([C@@H]2C[C@H]2C(C)(C)C)c(Cl)c1. The van der Waals surface area contributed by atoms with Crippen LogP contribution < -0.4 is 0 Å². The fraction of sp³-hybridized carbons (Fsp3) is 0.760. The topological polar surface area (TPSA) is 37.3 Å². The number of rotatable bonds is 7. The van der Waals surface area contributed by atoms with E-state index in [-0.39, 0.29) is 23.2 Å². The smallest absolute Gasteiger partial charge is 0.0470 e. The Morgan fingerprint density at radius 3 is 2.10 bits per heavy atom. The lowest BCUT2D eigenvalue weighted by atomic mass is 9.68. The van der Waals surface area contributed by atoms with Crippen LogP contribution in [0.25, 0.3) is 0 Å². The van der Waals surface area contributed by atoms with E-state index in [9.17, 15) is 9.32 Å². The third kappa shape index (κ3) is 5.46. The van der Waals surface area contributed by atoms with Gasteiger partial charge in [0.25, 0.3) is 0 Å². The summed E-state index contributed by atoms with van der Waals surface area (Å²) in [6.07, 6.45) is 1.19. The molecule has 0 aliphatic heterocycles. The van der Waals surface area contributed by atoms with E-state index < -0.39 is 16.2 Å². The van der Waals surface area contributed by atoms with Gasteiger partial charge in [-0.25, -0.2) is 0 Å². The van der Waals surface area contributed by atoms with Crippen molar-refractivity contribution in [3.8, 4) is 0 Å². The molecule has 0 aromatic heterocycles. The first-order chi connectivity index (χ1) is 13.1. The van der Waals surface area contributed by atoms with Gasteiger partial charge in [0, 0.05) is 38.3 Å². The molecule has 1 N–H and O–H groups in total. The second-order valence-electron chi connectivity index (χ2n) is 11.6. The summed E-state index contributed by atoms with van der Waals surface area (Å²) in [4.78, 5) is 0. The van der Waals surface area contributed by atoms with Crippen LogP contribution >= 0.6 is 11.6 Å². The van der Waals surface area contributed by atoms with E-state index in [4.69, 9.17) is 11.6 Å². The summed E-state index contributed by atoms with van der Waals surface area (Å²) < 4.78 is 12.8. The molecule has 29 heavy (non-hydrogen) atoms. The Kier molecular flexibility index (Phi) is 7.41. The Labute approximate surface area is 186 Å². The molecule has 1 aliphatic carbocycles. The number of aliphatic hydroxyl groups excluding tert-OH is 1. The highest BCUT2D eigenvalue weighted by molar-refractivity contribution is 7.86. The first kappa shape index (κ1) is 24.9. The Bertz CT molecular complexity index is 744. The van der Waals surface area contributed by atoms with Crippen LogP contribution in [0.1, 0.15) is 85.8 Å². The van der Waals surface area contributed by atoms with Crippen molar-refractivity contribution in [1.82, 2.24) is 0 Å². The highest BCUT2D eigenvalue weighted by atomic mass is 35.5. The van der Waals surface area contributed by atoms with E-state index in [2.05, 4.69) is 59.7 Å². The fourth-order valence-corrected chi connectivity index (χ4v) is 6.40. The largest absolute Gasteiger partial charge is 0.396 e. The lowest BCUT2D eigenvalue weighted by molar-refractivity contribution is 0.129. The molecule has 0 bridgehead atoms. The van der Waals surface area contributed by atoms with Crippen molar-refractivity contribution < 1.29 is 9.32 Å². The molecule has 2 nitrogen and oxygen atoms in total. The van der Waals surface area contributed by atoms with Crippen LogP contribution in [-0.2, 0) is 16.2 Å². The van der Waals surface area contributed by atoms with Gasteiger partial charge in [-0.1, -0.05) is 65.3 Å². The number of aliphatic hydroxyl groups is 1. The zero-order valence-corrected chi connectivity index (χ0v) is 21.4. The van der Waals surface area contributed by atoms with Gasteiger partial charge in [0.2, 0.25) is 0 Å². The monoisotopic (exact) mass is 440 g/mol. The first-order valence-corrected chi connectivity index (χ1v) is 12.6. The fourth-order valence-electron chi connectivity index (χ4n) is 4.72. The van der Waals surface area contributed by atoms with Gasteiger partial charge >= 0.3 is 0 Å². The second-order valence-corrected chi connectivity index (χ2v) is 14.2. The molecule has 1 aromatic carbocycles. The maximum atomic E-state index is 13.1. The maximum Gasteiger partial charge on any atom is 0.0470 e. The number of halogens is 1. The molecule has 5 atom stereocenters. The molecule has 166 valence electrons. The molecule has 1 unspecified atom stereocenters. The summed E-state index contributed by atoms with van der Waals surface area (Å²) in [7, 11) is -1.03. The maximum absolute atomic E-state index is 13.1. The minimum atomic E-state index is -1.03. The standard InChI is InChI=1S/C25H41ClO2S/c1-16(2)21(14-27)25(9,15-29(28)24(6,7)8)17-10-11-18(22(26)12-17)19-13-20(19)23(3,4)5/h10-12,16,19-21,27H,13-15H2,1-9H3/t19-,20+,21?,25-,29+/m0/s1. The van der Waals surface area contributed by atoms with Crippen molar-refractivity contribution in [2.24, 2.45) is 23.2 Å². The van der Waals surface area contributed by atoms with E-state index in [1.807, 2.05) is 20.8 Å². The van der Waals surface area contributed by atoms with Crippen LogP contribution in [0.3, 0.4) is 0 Å². The summed E-state index contributed by atoms with van der Waals surface area (Å²) in [5, 5.41) is 11.0. The molecule has 0 radical (unpaired) electrons. The van der Waals surface area contributed by atoms with Gasteiger partial charge in [0.1, 0.15) is 0 Å². The molecule has 1 aromatic rings. The van der Waals surface area contributed by atoms with Gasteiger partial charge in [0.05, 0.1) is 0 Å². The molecule has 0 heterocycles. The van der Waals surface area contributed by atoms with Crippen molar-refractivity contribution in [2.75, 3.05) is 12.4 Å². The highest BCUT2D eigenvalue weighted by Gasteiger charge is 2.47. The Morgan fingerprint density at radius 2 is 1.72 bits per heavy atom. The van der Waals surface area contributed by atoms with E-state index in [1.54, 1.807) is 0 Å². The van der Waals surface area contributed by atoms with Crippen molar-refractivity contribution in [3.05, 3.63) is 34.3 Å². The minimum Gasteiger partial charge on any atom is -0.396 e. The van der Waals surface area contributed by atoms with Crippen molar-refractivity contribution in [3.63, 3.8) is 0 Å². The first-order valence-electron chi connectivity index (χ1n) is 10.9. The predicted molar refractivity (Wildman–Crippen MR) is 127 cm³/mol. The van der Waals surface area contributed by atoms with Crippen LogP contribution in [0.2, 0.25) is 5.02 Å². The van der Waals surface area contributed by atoms with Gasteiger partial charge in [-0.05, 0) is 73.5 Å². The third-order valence-electron chi connectivity index (χ3n) is 6.90. The molecule has 1 fully saturated rings. The van der Waals surface area contributed by atoms with Gasteiger partial charge in [-0.3, -0.25) is 4.21 Å². The van der Waals surface area contributed by atoms with Crippen LogP contribution in [0, 0.1) is 23.2 Å². The zero-order valence-electron chi connectivity index (χ0n) is 19.8. The molecule has 0 saturated heterocycles. The third-order valence-corrected chi connectivity index (χ3v) is 9.45. The molecule has 0 amide bonds. The predicted octanol–water partition coefficient (Wildman–Crippen LogP) is 6.56. The Morgan fingerprint density at radius 1 is 1.14 bits per heavy atom. The summed E-state index contributed by atoms with van der Waals surface area (Å²) >= 11 is 6.80. The molecular formula is C25H41ClO2S. The lowest BCUT2D eigenvalue weighted by Crippen LogP contribution is -2.44. The molecule has 1 aliphatic rings. The van der Waals surface area contributed by atoms with Gasteiger partial charge in [0.15, 0.2) is 0 Å². The molecule has 1 saturated carbocycles. The number of hydrogen-bond donors (Lipinski definition) is 1. The number of benzene rings is 1. The van der Waals surface area contributed by atoms with Crippen LogP contribution in [0.4, 0.5) is 0 Å². The van der Waals surface area contributed by atoms with Crippen molar-refractivity contribution >= 4 is 22.4 Å². The Balaban J connectivity index is 2.44. The second kappa shape index (κ2) is 8.63. The normalized spacial score (nSPS) is 24.3. The van der Waals surface area contributed by atoms with Gasteiger partial charge < -0.3 is 5.11 Å². The average molecular weight is 441 g/mol. The molecule has 4 heteroatoms. The summed E-state index contributed by atoms with van der Waals surface area (Å²) in [5.74, 6) is 2.01. The average Bonchev–Trinajstić information content (AvgIpc) is 3.34. The summed E-state index contributed by atoms with van der Waals surface area (Å²) in [6, 6.07) is 6.44. The zero-order chi connectivity index (χ0) is 22.4. The van der Waals surface area contributed by atoms with Crippen molar-refractivity contribution in [2.45, 2.75) is 84.8 Å². The van der Waals surface area contributed by atoms with Crippen LogP contribution in [-0.4, -0.2) is 26.4 Å². The molecule has 0 spiro atoms. The lowest BCUT2D eigenvalue weighted by Gasteiger charge is -2.41. The highest BCUT2D eigenvalue weighted by Crippen LogP contribution is 2.58. The quantitative estimate of drug-likeness (QED) is 0.521. The molecule has 2 rings (SSSR count). The van der Waals surface area contributed by atoms with E-state index in [0.717, 1.165) is 10.6 Å². The van der Waals surface area contributed by atoms with Crippen LogP contribution in [0.15, 0.2) is 18.2 Å². The van der Waals surface area contributed by atoms with Gasteiger partial charge in [-0.2, -0.15) is 0 Å². The summed E-state index contributed by atoms with van der Waals surface area (Å²) in [6.45, 7) is 19.4.